The molecule has 2 N–H and O–H groups in total. The Morgan fingerprint density at radius 2 is 1.76 bits per heavy atom. The molecule has 0 saturated carbocycles. The summed E-state index contributed by atoms with van der Waals surface area (Å²) in [4.78, 5) is 8.09. The largest absolute Gasteiger partial charge is 0.358 e. The fraction of sp³-hybridized carbons (Fsp3) is 0.143. The van der Waals surface area contributed by atoms with Crippen molar-refractivity contribution in [1.82, 2.24) is 9.97 Å². The van der Waals surface area contributed by atoms with Gasteiger partial charge >= 0.3 is 0 Å². The second-order valence-corrected chi connectivity index (χ2v) is 6.37. The van der Waals surface area contributed by atoms with Crippen LogP contribution in [0.3, 0.4) is 0 Å². The number of aryl methyl sites for hydroxylation is 3. The van der Waals surface area contributed by atoms with Crippen LogP contribution >= 0.6 is 0 Å². The first-order chi connectivity index (χ1) is 12.1. The lowest BCUT2D eigenvalue weighted by Crippen LogP contribution is -1.96. The highest BCUT2D eigenvalue weighted by molar-refractivity contribution is 6.00. The van der Waals surface area contributed by atoms with Crippen molar-refractivity contribution in [2.24, 2.45) is 5.10 Å². The normalized spacial score (nSPS) is 11.6. The third-order valence-electron chi connectivity index (χ3n) is 4.56. The summed E-state index contributed by atoms with van der Waals surface area (Å²) >= 11 is 0. The van der Waals surface area contributed by atoms with Crippen molar-refractivity contribution >= 4 is 33.8 Å². The molecule has 124 valence electrons. The van der Waals surface area contributed by atoms with Gasteiger partial charge in [-0.25, -0.2) is 4.98 Å². The molecule has 0 radical (unpaired) electrons. The molecule has 2 heterocycles. The SMILES string of the molecule is Cc1[nH]c2ccccc2c1/C=N\Nc1cc(C)c2cccc(C)c2n1. The minimum Gasteiger partial charge on any atom is -0.358 e. The van der Waals surface area contributed by atoms with Gasteiger partial charge in [-0.2, -0.15) is 5.10 Å². The summed E-state index contributed by atoms with van der Waals surface area (Å²) in [5, 5.41) is 6.77. The van der Waals surface area contributed by atoms with Gasteiger partial charge in [0.2, 0.25) is 0 Å². The van der Waals surface area contributed by atoms with Crippen LogP contribution in [0.5, 0.6) is 0 Å². The van der Waals surface area contributed by atoms with E-state index in [-0.39, 0.29) is 0 Å². The highest BCUT2D eigenvalue weighted by Gasteiger charge is 2.06. The number of nitrogens with one attached hydrogen (secondary N) is 2. The van der Waals surface area contributed by atoms with Gasteiger partial charge in [-0.1, -0.05) is 36.4 Å². The lowest BCUT2D eigenvalue weighted by atomic mass is 10.1. The molecule has 4 heteroatoms. The molecule has 4 rings (SSSR count). The Kier molecular flexibility index (Phi) is 3.73. The standard InChI is InChI=1S/C21H20N4/c1-13-7-6-9-16-14(2)11-20(24-21(13)16)25-22-12-18-15(3)23-19-10-5-4-8-17(18)19/h4-12,23H,1-3H3,(H,24,25)/b22-12-. The Hall–Kier alpha value is -3.14. The zero-order valence-electron chi connectivity index (χ0n) is 14.6. The molecule has 0 aliphatic rings. The number of hydrogen-bond acceptors (Lipinski definition) is 3. The van der Waals surface area contributed by atoms with Gasteiger partial charge in [0, 0.05) is 27.5 Å². The van der Waals surface area contributed by atoms with E-state index >= 15 is 0 Å². The Bertz CT molecular complexity index is 1110. The molecule has 0 amide bonds. The van der Waals surface area contributed by atoms with E-state index in [9.17, 15) is 0 Å². The molecule has 25 heavy (non-hydrogen) atoms. The quantitative estimate of drug-likeness (QED) is 0.407. The van der Waals surface area contributed by atoms with Gasteiger partial charge in [-0.05, 0) is 44.0 Å². The molecule has 0 aliphatic heterocycles. The highest BCUT2D eigenvalue weighted by Crippen LogP contribution is 2.23. The summed E-state index contributed by atoms with van der Waals surface area (Å²) in [6.07, 6.45) is 1.85. The van der Waals surface area contributed by atoms with Crippen LogP contribution in [0.1, 0.15) is 22.4 Å². The molecular formula is C21H20N4. The van der Waals surface area contributed by atoms with E-state index in [2.05, 4.69) is 66.6 Å². The second kappa shape index (κ2) is 6.06. The zero-order chi connectivity index (χ0) is 17.4. The molecule has 0 bridgehead atoms. The van der Waals surface area contributed by atoms with Gasteiger partial charge in [-0.15, -0.1) is 0 Å². The van der Waals surface area contributed by atoms with Gasteiger partial charge in [0.1, 0.15) is 5.82 Å². The third-order valence-corrected chi connectivity index (χ3v) is 4.56. The number of aromatic nitrogens is 2. The monoisotopic (exact) mass is 328 g/mol. The molecule has 2 aromatic heterocycles. The van der Waals surface area contributed by atoms with Crippen LogP contribution in [-0.2, 0) is 0 Å². The number of anilines is 1. The number of benzene rings is 2. The summed E-state index contributed by atoms with van der Waals surface area (Å²) in [6.45, 7) is 6.24. The van der Waals surface area contributed by atoms with Gasteiger partial charge in [0.25, 0.3) is 0 Å². The van der Waals surface area contributed by atoms with Crippen molar-refractivity contribution < 1.29 is 0 Å². The molecule has 0 spiro atoms. The van der Waals surface area contributed by atoms with Gasteiger partial charge in [0.15, 0.2) is 0 Å². The Balaban J connectivity index is 1.67. The first-order valence-corrected chi connectivity index (χ1v) is 8.37. The van der Waals surface area contributed by atoms with E-state index in [4.69, 9.17) is 4.98 Å². The molecule has 2 aromatic carbocycles. The fourth-order valence-corrected chi connectivity index (χ4v) is 3.25. The average molecular weight is 328 g/mol. The van der Waals surface area contributed by atoms with Crippen LogP contribution in [0.2, 0.25) is 0 Å². The smallest absolute Gasteiger partial charge is 0.147 e. The highest BCUT2D eigenvalue weighted by atomic mass is 15.3. The zero-order valence-corrected chi connectivity index (χ0v) is 14.6. The van der Waals surface area contributed by atoms with Crippen molar-refractivity contribution in [3.63, 3.8) is 0 Å². The van der Waals surface area contributed by atoms with Crippen molar-refractivity contribution in [2.75, 3.05) is 5.43 Å². The summed E-state index contributed by atoms with van der Waals surface area (Å²) < 4.78 is 0. The molecule has 0 atom stereocenters. The molecule has 0 aliphatic carbocycles. The summed E-state index contributed by atoms with van der Waals surface area (Å²) in [5.74, 6) is 0.757. The Morgan fingerprint density at radius 3 is 2.64 bits per heavy atom. The number of para-hydroxylation sites is 2. The number of nitrogens with zero attached hydrogens (tertiary/aromatic N) is 2. The molecule has 0 saturated heterocycles. The number of fused-ring (bicyclic) bond motifs is 2. The van der Waals surface area contributed by atoms with E-state index in [1.165, 1.54) is 21.9 Å². The van der Waals surface area contributed by atoms with Crippen molar-refractivity contribution in [3.05, 3.63) is 70.9 Å². The lowest BCUT2D eigenvalue weighted by molar-refractivity contribution is 1.24. The van der Waals surface area contributed by atoms with Crippen molar-refractivity contribution in [3.8, 4) is 0 Å². The van der Waals surface area contributed by atoms with Gasteiger partial charge in [-0.3, -0.25) is 5.43 Å². The van der Waals surface area contributed by atoms with Crippen LogP contribution in [0, 0.1) is 20.8 Å². The van der Waals surface area contributed by atoms with E-state index in [1.807, 2.05) is 24.4 Å². The fourth-order valence-electron chi connectivity index (χ4n) is 3.25. The predicted octanol–water partition coefficient (Wildman–Crippen LogP) is 5.09. The summed E-state index contributed by atoms with van der Waals surface area (Å²) in [7, 11) is 0. The molecule has 0 fully saturated rings. The minimum absolute atomic E-state index is 0.757. The predicted molar refractivity (Wildman–Crippen MR) is 105 cm³/mol. The van der Waals surface area contributed by atoms with E-state index < -0.39 is 0 Å². The molecule has 4 nitrogen and oxygen atoms in total. The molecule has 0 unspecified atom stereocenters. The Morgan fingerprint density at radius 1 is 0.960 bits per heavy atom. The number of hydrazone groups is 1. The molecule has 4 aromatic rings. The maximum Gasteiger partial charge on any atom is 0.147 e. The van der Waals surface area contributed by atoms with Gasteiger partial charge < -0.3 is 4.98 Å². The van der Waals surface area contributed by atoms with Crippen LogP contribution in [0.15, 0.2) is 53.6 Å². The number of aromatic amines is 1. The first-order valence-electron chi connectivity index (χ1n) is 8.37. The lowest BCUT2D eigenvalue weighted by Gasteiger charge is -2.07. The average Bonchev–Trinajstić information content (AvgIpc) is 2.92. The van der Waals surface area contributed by atoms with Gasteiger partial charge in [0.05, 0.1) is 11.7 Å². The topological polar surface area (TPSA) is 53.1 Å². The van der Waals surface area contributed by atoms with Crippen LogP contribution in [0.4, 0.5) is 5.82 Å². The maximum absolute atomic E-state index is 4.71. The third kappa shape index (κ3) is 2.76. The molecular weight excluding hydrogens is 308 g/mol. The summed E-state index contributed by atoms with van der Waals surface area (Å²) in [5.41, 5.74) is 9.77. The number of rotatable bonds is 3. The van der Waals surface area contributed by atoms with Crippen LogP contribution < -0.4 is 5.43 Å². The number of H-pyrrole nitrogens is 1. The maximum atomic E-state index is 4.71. The van der Waals surface area contributed by atoms with Crippen molar-refractivity contribution in [2.45, 2.75) is 20.8 Å². The van der Waals surface area contributed by atoms with Crippen molar-refractivity contribution in [1.29, 1.82) is 0 Å². The number of hydrogen-bond donors (Lipinski definition) is 2. The minimum atomic E-state index is 0.757. The number of pyridine rings is 1. The summed E-state index contributed by atoms with van der Waals surface area (Å²) in [6, 6.07) is 16.5. The first kappa shape index (κ1) is 15.4. The van der Waals surface area contributed by atoms with Crippen LogP contribution in [0.25, 0.3) is 21.8 Å². The van der Waals surface area contributed by atoms with Crippen LogP contribution in [-0.4, -0.2) is 16.2 Å². The van der Waals surface area contributed by atoms with E-state index in [0.29, 0.717) is 0 Å². The second-order valence-electron chi connectivity index (χ2n) is 6.37. The van der Waals surface area contributed by atoms with E-state index in [1.54, 1.807) is 0 Å². The van der Waals surface area contributed by atoms with E-state index in [0.717, 1.165) is 28.1 Å². The Labute approximate surface area is 146 Å².